The average Bonchev–Trinajstić information content (AvgIpc) is 2.20. The Morgan fingerprint density at radius 2 is 1.93 bits per heavy atom. The van der Waals surface area contributed by atoms with Crippen LogP contribution in [0.1, 0.15) is 46.0 Å². The maximum atomic E-state index is 11.6. The topological polar surface area (TPSA) is 46.3 Å². The number of carbonyl (C=O) groups is 1. The number of rotatable bonds is 8. The first-order chi connectivity index (χ1) is 6.76. The molecule has 3 heteroatoms. The van der Waals surface area contributed by atoms with Gasteiger partial charge in [-0.3, -0.25) is 4.79 Å². The zero-order chi connectivity index (χ0) is 10.8. The first-order valence-corrected chi connectivity index (χ1v) is 5.74. The Kier molecular flexibility index (Phi) is 8.64. The van der Waals surface area contributed by atoms with Crippen molar-refractivity contribution in [2.24, 2.45) is 5.73 Å². The Balaban J connectivity index is 3.58. The van der Waals surface area contributed by atoms with Gasteiger partial charge in [-0.2, -0.15) is 0 Å². The van der Waals surface area contributed by atoms with E-state index in [9.17, 15) is 4.79 Å². The van der Waals surface area contributed by atoms with Crippen LogP contribution in [0.15, 0.2) is 0 Å². The van der Waals surface area contributed by atoms with Crippen molar-refractivity contribution in [3.8, 4) is 0 Å². The van der Waals surface area contributed by atoms with Crippen molar-refractivity contribution >= 4 is 5.91 Å². The van der Waals surface area contributed by atoms with Crippen LogP contribution in [0.25, 0.3) is 0 Å². The SMILES string of the molecule is CCCCCCC(=O)N(CC)CCN. The molecule has 0 aromatic heterocycles. The predicted molar refractivity (Wildman–Crippen MR) is 60.1 cm³/mol. The van der Waals surface area contributed by atoms with Crippen LogP contribution in [0.4, 0.5) is 0 Å². The van der Waals surface area contributed by atoms with E-state index >= 15 is 0 Å². The van der Waals surface area contributed by atoms with E-state index in [1.165, 1.54) is 19.3 Å². The molecule has 0 bridgehead atoms. The summed E-state index contributed by atoms with van der Waals surface area (Å²) in [6.45, 7) is 6.22. The van der Waals surface area contributed by atoms with Gasteiger partial charge >= 0.3 is 0 Å². The fraction of sp³-hybridized carbons (Fsp3) is 0.909. The third-order valence-corrected chi connectivity index (χ3v) is 2.38. The summed E-state index contributed by atoms with van der Waals surface area (Å²) in [5.74, 6) is 0.258. The Labute approximate surface area is 87.6 Å². The molecule has 0 aromatic carbocycles. The molecule has 84 valence electrons. The molecule has 0 heterocycles. The van der Waals surface area contributed by atoms with Gasteiger partial charge in [0.15, 0.2) is 0 Å². The van der Waals surface area contributed by atoms with Gasteiger partial charge in [0.1, 0.15) is 0 Å². The first kappa shape index (κ1) is 13.4. The van der Waals surface area contributed by atoms with E-state index in [1.807, 2.05) is 11.8 Å². The standard InChI is InChI=1S/C11H24N2O/c1-3-5-6-7-8-11(14)13(4-2)10-9-12/h3-10,12H2,1-2H3. The first-order valence-electron chi connectivity index (χ1n) is 5.74. The average molecular weight is 200 g/mol. The van der Waals surface area contributed by atoms with Crippen LogP contribution in [0.3, 0.4) is 0 Å². The van der Waals surface area contributed by atoms with Crippen LogP contribution in [-0.2, 0) is 4.79 Å². The van der Waals surface area contributed by atoms with Crippen LogP contribution in [0.2, 0.25) is 0 Å². The third-order valence-electron chi connectivity index (χ3n) is 2.38. The molecule has 14 heavy (non-hydrogen) atoms. The van der Waals surface area contributed by atoms with Gasteiger partial charge in [-0.15, -0.1) is 0 Å². The quantitative estimate of drug-likeness (QED) is 0.607. The third kappa shape index (κ3) is 5.97. The summed E-state index contributed by atoms with van der Waals surface area (Å²) < 4.78 is 0. The van der Waals surface area contributed by atoms with Crippen molar-refractivity contribution in [3.63, 3.8) is 0 Å². The number of unbranched alkanes of at least 4 members (excludes halogenated alkanes) is 3. The second-order valence-electron chi connectivity index (χ2n) is 3.57. The molecule has 2 N–H and O–H groups in total. The smallest absolute Gasteiger partial charge is 0.222 e. The molecule has 1 amide bonds. The Morgan fingerprint density at radius 3 is 2.43 bits per heavy atom. The monoisotopic (exact) mass is 200 g/mol. The number of carbonyl (C=O) groups excluding carboxylic acids is 1. The summed E-state index contributed by atoms with van der Waals surface area (Å²) in [7, 11) is 0. The molecule has 0 aliphatic carbocycles. The number of likely N-dealkylation sites (N-methyl/N-ethyl adjacent to an activating group) is 1. The van der Waals surface area contributed by atoms with Crippen LogP contribution < -0.4 is 5.73 Å². The van der Waals surface area contributed by atoms with Gasteiger partial charge in [0.2, 0.25) is 5.91 Å². The molecule has 0 fully saturated rings. The number of nitrogens with two attached hydrogens (primary N) is 1. The molecule has 0 spiro atoms. The van der Waals surface area contributed by atoms with Gasteiger partial charge in [-0.1, -0.05) is 26.2 Å². The van der Waals surface area contributed by atoms with Crippen molar-refractivity contribution < 1.29 is 4.79 Å². The predicted octanol–water partition coefficient (Wildman–Crippen LogP) is 1.76. The van der Waals surface area contributed by atoms with Gasteiger partial charge in [0, 0.05) is 26.1 Å². The zero-order valence-electron chi connectivity index (χ0n) is 9.59. The van der Waals surface area contributed by atoms with Crippen molar-refractivity contribution in [2.75, 3.05) is 19.6 Å². The van der Waals surface area contributed by atoms with Gasteiger partial charge in [-0.25, -0.2) is 0 Å². The summed E-state index contributed by atoms with van der Waals surface area (Å²) in [5, 5.41) is 0. The van der Waals surface area contributed by atoms with Crippen molar-refractivity contribution in [1.29, 1.82) is 0 Å². The minimum atomic E-state index is 0.258. The largest absolute Gasteiger partial charge is 0.342 e. The lowest BCUT2D eigenvalue weighted by molar-refractivity contribution is -0.131. The molecular formula is C11H24N2O. The van der Waals surface area contributed by atoms with E-state index in [1.54, 1.807) is 0 Å². The van der Waals surface area contributed by atoms with Crippen LogP contribution in [0, 0.1) is 0 Å². The molecule has 0 saturated carbocycles. The number of amides is 1. The molecule has 0 unspecified atom stereocenters. The molecular weight excluding hydrogens is 176 g/mol. The van der Waals surface area contributed by atoms with Crippen molar-refractivity contribution in [2.45, 2.75) is 46.0 Å². The normalized spacial score (nSPS) is 10.2. The molecule has 0 saturated heterocycles. The highest BCUT2D eigenvalue weighted by molar-refractivity contribution is 5.76. The number of hydrogen-bond donors (Lipinski definition) is 1. The molecule has 3 nitrogen and oxygen atoms in total. The van der Waals surface area contributed by atoms with Gasteiger partial charge in [0.25, 0.3) is 0 Å². The van der Waals surface area contributed by atoms with E-state index in [0.717, 1.165) is 13.0 Å². The maximum absolute atomic E-state index is 11.6. The summed E-state index contributed by atoms with van der Waals surface area (Å²) >= 11 is 0. The van der Waals surface area contributed by atoms with Crippen molar-refractivity contribution in [1.82, 2.24) is 4.90 Å². The summed E-state index contributed by atoms with van der Waals surface area (Å²) in [6, 6.07) is 0. The maximum Gasteiger partial charge on any atom is 0.222 e. The van der Waals surface area contributed by atoms with Crippen LogP contribution in [-0.4, -0.2) is 30.4 Å². The minimum Gasteiger partial charge on any atom is -0.342 e. The highest BCUT2D eigenvalue weighted by Crippen LogP contribution is 2.04. The Hall–Kier alpha value is -0.570. The Morgan fingerprint density at radius 1 is 1.21 bits per heavy atom. The van der Waals surface area contributed by atoms with Crippen molar-refractivity contribution in [3.05, 3.63) is 0 Å². The fourth-order valence-corrected chi connectivity index (χ4v) is 1.48. The van der Waals surface area contributed by atoms with E-state index in [0.29, 0.717) is 19.5 Å². The molecule has 0 aromatic rings. The molecule has 0 aliphatic rings. The highest BCUT2D eigenvalue weighted by atomic mass is 16.2. The van der Waals surface area contributed by atoms with E-state index in [2.05, 4.69) is 6.92 Å². The molecule has 0 aliphatic heterocycles. The highest BCUT2D eigenvalue weighted by Gasteiger charge is 2.09. The van der Waals surface area contributed by atoms with E-state index in [-0.39, 0.29) is 5.91 Å². The van der Waals surface area contributed by atoms with Crippen LogP contribution >= 0.6 is 0 Å². The minimum absolute atomic E-state index is 0.258. The molecule has 0 rings (SSSR count). The van der Waals surface area contributed by atoms with E-state index < -0.39 is 0 Å². The lowest BCUT2D eigenvalue weighted by Gasteiger charge is -2.19. The number of hydrogen-bond acceptors (Lipinski definition) is 2. The van der Waals surface area contributed by atoms with Gasteiger partial charge in [-0.05, 0) is 13.3 Å². The summed E-state index contributed by atoms with van der Waals surface area (Å²) in [5.41, 5.74) is 5.43. The zero-order valence-corrected chi connectivity index (χ0v) is 9.59. The summed E-state index contributed by atoms with van der Waals surface area (Å²) in [6.07, 6.45) is 5.33. The van der Waals surface area contributed by atoms with Gasteiger partial charge < -0.3 is 10.6 Å². The van der Waals surface area contributed by atoms with Crippen LogP contribution in [0.5, 0.6) is 0 Å². The lowest BCUT2D eigenvalue weighted by atomic mass is 10.1. The lowest BCUT2D eigenvalue weighted by Crippen LogP contribution is -2.34. The van der Waals surface area contributed by atoms with Gasteiger partial charge in [0.05, 0.1) is 0 Å². The second kappa shape index (κ2) is 9.00. The fourth-order valence-electron chi connectivity index (χ4n) is 1.48. The Bertz CT molecular complexity index is 148. The molecule has 0 atom stereocenters. The summed E-state index contributed by atoms with van der Waals surface area (Å²) in [4.78, 5) is 13.4. The second-order valence-corrected chi connectivity index (χ2v) is 3.57. The van der Waals surface area contributed by atoms with E-state index in [4.69, 9.17) is 5.73 Å². The number of nitrogens with zero attached hydrogens (tertiary/aromatic N) is 1. The molecule has 0 radical (unpaired) electrons.